The maximum Gasteiger partial charge on any atom is 0.407 e. The lowest BCUT2D eigenvalue weighted by Gasteiger charge is -2.32. The minimum Gasteiger partial charge on any atom is -0.421 e. The van der Waals surface area contributed by atoms with Gasteiger partial charge in [-0.3, -0.25) is 4.67 Å². The van der Waals surface area contributed by atoms with Gasteiger partial charge in [-0.05, 0) is 55.7 Å². The normalized spacial score (nSPS) is 13.0. The number of rotatable bonds is 8. The Morgan fingerprint density at radius 2 is 1.46 bits per heavy atom. The van der Waals surface area contributed by atoms with Crippen molar-refractivity contribution in [3.8, 4) is 5.75 Å². The molecule has 0 spiro atoms. The summed E-state index contributed by atoms with van der Waals surface area (Å²) in [5.41, 5.74) is 2.96. The van der Waals surface area contributed by atoms with Crippen molar-refractivity contribution in [3.05, 3.63) is 90.0 Å². The predicted molar refractivity (Wildman–Crippen MR) is 121 cm³/mol. The summed E-state index contributed by atoms with van der Waals surface area (Å²) in [6, 6.07) is 25.6. The first kappa shape index (κ1) is 20.6. The van der Waals surface area contributed by atoms with Crippen LogP contribution in [-0.4, -0.2) is 6.54 Å². The maximum atomic E-state index is 14.4. The number of benzene rings is 3. The zero-order valence-corrected chi connectivity index (χ0v) is 18.2. The molecule has 0 heterocycles. The Morgan fingerprint density at radius 3 is 2.11 bits per heavy atom. The van der Waals surface area contributed by atoms with E-state index < -0.39 is 6.72 Å². The van der Waals surface area contributed by atoms with E-state index in [0.717, 1.165) is 28.1 Å². The van der Waals surface area contributed by atoms with Crippen LogP contribution in [0.25, 0.3) is 0 Å². The molecule has 0 bridgehead atoms. The molecule has 5 heteroatoms. The smallest absolute Gasteiger partial charge is 0.407 e. The minimum atomic E-state index is -3.32. The van der Waals surface area contributed by atoms with E-state index in [4.69, 9.17) is 4.52 Å². The minimum absolute atomic E-state index is 0.645. The van der Waals surface area contributed by atoms with E-state index in [1.54, 1.807) is 0 Å². The fraction of sp³-hybridized carbons (Fsp3) is 0.217. The van der Waals surface area contributed by atoms with E-state index in [1.807, 2.05) is 97.4 Å². The highest BCUT2D eigenvalue weighted by Gasteiger charge is 2.36. The molecule has 0 fully saturated rings. The highest BCUT2D eigenvalue weighted by molar-refractivity contribution is 8.57. The Balaban J connectivity index is 2.08. The fourth-order valence-corrected chi connectivity index (χ4v) is 7.57. The van der Waals surface area contributed by atoms with Gasteiger partial charge in [0.15, 0.2) is 0 Å². The highest BCUT2D eigenvalue weighted by Crippen LogP contribution is 2.66. The lowest BCUT2D eigenvalue weighted by atomic mass is 10.2. The Morgan fingerprint density at radius 1 is 0.857 bits per heavy atom. The second-order valence-electron chi connectivity index (χ2n) is 6.64. The van der Waals surface area contributed by atoms with Gasteiger partial charge in [-0.25, -0.2) is 4.57 Å². The number of para-hydroxylation sites is 2. The van der Waals surface area contributed by atoms with Gasteiger partial charge >= 0.3 is 6.72 Å². The van der Waals surface area contributed by atoms with Gasteiger partial charge in [0.05, 0.1) is 0 Å². The number of hydrogen-bond acceptors (Lipinski definition) is 3. The summed E-state index contributed by atoms with van der Waals surface area (Å²) in [7, 11) is 0. The van der Waals surface area contributed by atoms with Gasteiger partial charge < -0.3 is 4.52 Å². The number of aryl methyl sites for hydroxylation is 2. The van der Waals surface area contributed by atoms with Crippen LogP contribution in [0, 0.1) is 13.8 Å². The van der Waals surface area contributed by atoms with Crippen molar-refractivity contribution in [2.24, 2.45) is 0 Å². The fourth-order valence-electron chi connectivity index (χ4n) is 2.89. The van der Waals surface area contributed by atoms with Crippen molar-refractivity contribution in [1.29, 1.82) is 0 Å². The van der Waals surface area contributed by atoms with E-state index in [0.29, 0.717) is 12.3 Å². The summed E-state index contributed by atoms with van der Waals surface area (Å²) in [5, 5.41) is 0. The third-order valence-corrected chi connectivity index (χ3v) is 8.83. The van der Waals surface area contributed by atoms with Crippen LogP contribution in [0.3, 0.4) is 0 Å². The van der Waals surface area contributed by atoms with Gasteiger partial charge in [-0.2, -0.15) is 0 Å². The molecule has 0 aliphatic rings. The van der Waals surface area contributed by atoms with Crippen LogP contribution in [0.1, 0.15) is 24.5 Å². The van der Waals surface area contributed by atoms with Crippen LogP contribution in [0.15, 0.2) is 83.8 Å². The first-order valence-electron chi connectivity index (χ1n) is 9.47. The molecule has 0 N–H and O–H groups in total. The van der Waals surface area contributed by atoms with E-state index >= 15 is 0 Å². The Bertz CT molecular complexity index is 910. The molecule has 0 radical (unpaired) electrons. The summed E-state index contributed by atoms with van der Waals surface area (Å²) in [4.78, 5) is 0.969. The monoisotopic (exact) mass is 411 g/mol. The molecule has 0 saturated carbocycles. The predicted octanol–water partition coefficient (Wildman–Crippen LogP) is 7.50. The molecule has 1 unspecified atom stereocenters. The Kier molecular flexibility index (Phi) is 6.88. The SMILES string of the molecule is CCCN(c1ccccc1)P(=O)(Oc1ccccc1C)Sc1ccccc1C. The summed E-state index contributed by atoms with van der Waals surface area (Å²) < 4.78 is 22.6. The van der Waals surface area contributed by atoms with Crippen LogP contribution in [0.2, 0.25) is 0 Å². The van der Waals surface area contributed by atoms with Crippen molar-refractivity contribution in [2.75, 3.05) is 11.2 Å². The van der Waals surface area contributed by atoms with Gasteiger partial charge in [-0.1, -0.05) is 61.5 Å². The average molecular weight is 412 g/mol. The molecule has 28 heavy (non-hydrogen) atoms. The standard InChI is InChI=1S/C23H26NO2PS/c1-4-18-24(21-14-6-5-7-15-21)27(25,26-22-16-10-8-12-19(22)2)28-23-17-11-9-13-20(23)3/h5-17H,4,18H2,1-3H3. The number of nitrogens with zero attached hydrogens (tertiary/aromatic N) is 1. The van der Waals surface area contributed by atoms with Crippen molar-refractivity contribution < 1.29 is 9.09 Å². The lowest BCUT2D eigenvalue weighted by molar-refractivity contribution is 0.492. The maximum absolute atomic E-state index is 14.4. The number of hydrogen-bond donors (Lipinski definition) is 0. The largest absolute Gasteiger partial charge is 0.421 e. The topological polar surface area (TPSA) is 29.5 Å². The molecule has 3 rings (SSSR count). The third kappa shape index (κ3) is 4.81. The average Bonchev–Trinajstić information content (AvgIpc) is 2.70. The molecular formula is C23H26NO2PS. The van der Waals surface area contributed by atoms with E-state index in [-0.39, 0.29) is 0 Å². The van der Waals surface area contributed by atoms with Crippen molar-refractivity contribution in [2.45, 2.75) is 32.1 Å². The van der Waals surface area contributed by atoms with Gasteiger partial charge in [0.2, 0.25) is 0 Å². The molecule has 3 aromatic rings. The first-order chi connectivity index (χ1) is 13.5. The summed E-state index contributed by atoms with van der Waals surface area (Å²) in [6.07, 6.45) is 0.865. The molecule has 0 saturated heterocycles. The first-order valence-corrected chi connectivity index (χ1v) is 12.5. The second-order valence-corrected chi connectivity index (χ2v) is 10.8. The van der Waals surface area contributed by atoms with E-state index in [1.165, 1.54) is 11.4 Å². The molecule has 0 aliphatic heterocycles. The molecule has 1 atom stereocenters. The van der Waals surface area contributed by atoms with Crippen LogP contribution >= 0.6 is 18.1 Å². The summed E-state index contributed by atoms with van der Waals surface area (Å²) in [6.45, 7) is 3.43. The molecular weight excluding hydrogens is 385 g/mol. The lowest BCUT2D eigenvalue weighted by Crippen LogP contribution is -2.22. The van der Waals surface area contributed by atoms with Gasteiger partial charge in [-0.15, -0.1) is 0 Å². The summed E-state index contributed by atoms with van der Waals surface area (Å²) in [5.74, 6) is 0.656. The van der Waals surface area contributed by atoms with Crippen LogP contribution in [0.4, 0.5) is 5.69 Å². The van der Waals surface area contributed by atoms with Gasteiger partial charge in [0, 0.05) is 28.5 Å². The van der Waals surface area contributed by atoms with Gasteiger partial charge in [0.1, 0.15) is 5.75 Å². The summed E-state index contributed by atoms with van der Waals surface area (Å²) >= 11 is 1.32. The molecule has 0 aliphatic carbocycles. The highest BCUT2D eigenvalue weighted by atomic mass is 32.7. The molecule has 0 amide bonds. The molecule has 146 valence electrons. The van der Waals surface area contributed by atoms with E-state index in [9.17, 15) is 4.57 Å². The van der Waals surface area contributed by atoms with Crippen molar-refractivity contribution in [3.63, 3.8) is 0 Å². The Labute approximate surface area is 172 Å². The van der Waals surface area contributed by atoms with Gasteiger partial charge in [0.25, 0.3) is 0 Å². The van der Waals surface area contributed by atoms with Crippen molar-refractivity contribution in [1.82, 2.24) is 0 Å². The number of anilines is 1. The van der Waals surface area contributed by atoms with Crippen LogP contribution in [-0.2, 0) is 4.57 Å². The van der Waals surface area contributed by atoms with Crippen molar-refractivity contribution >= 4 is 23.8 Å². The van der Waals surface area contributed by atoms with E-state index in [2.05, 4.69) is 6.92 Å². The van der Waals surface area contributed by atoms with Crippen LogP contribution in [0.5, 0.6) is 5.75 Å². The van der Waals surface area contributed by atoms with Crippen LogP contribution < -0.4 is 9.19 Å². The quantitative estimate of drug-likeness (QED) is 0.359. The molecule has 0 aromatic heterocycles. The third-order valence-electron chi connectivity index (χ3n) is 4.40. The Hall–Kier alpha value is -2.16. The molecule has 3 nitrogen and oxygen atoms in total. The second kappa shape index (κ2) is 9.36. The zero-order valence-electron chi connectivity index (χ0n) is 16.5. The zero-order chi connectivity index (χ0) is 20.0. The molecule has 3 aromatic carbocycles.